The lowest BCUT2D eigenvalue weighted by atomic mass is 10.0. The Morgan fingerprint density at radius 3 is 2.38 bits per heavy atom. The van der Waals surface area contributed by atoms with Crippen molar-refractivity contribution >= 4 is 11.3 Å². The van der Waals surface area contributed by atoms with Crippen LogP contribution in [0, 0.1) is 6.92 Å². The first-order valence-electron chi connectivity index (χ1n) is 7.43. The normalized spacial score (nSPS) is 17.6. The Bertz CT molecular complexity index is 573. The molecule has 0 aliphatic carbocycles. The molecule has 0 saturated carbocycles. The van der Waals surface area contributed by atoms with E-state index >= 15 is 0 Å². The van der Waals surface area contributed by atoms with Gasteiger partial charge in [0.05, 0.1) is 13.2 Å². The number of aryl methyl sites for hydroxylation is 1. The SMILES string of the molecule is COc1ccc(C(c2ccc(C)s2)N2CCNCC2)cc1. The summed E-state index contributed by atoms with van der Waals surface area (Å²) in [5.74, 6) is 0.917. The summed E-state index contributed by atoms with van der Waals surface area (Å²) in [6.45, 7) is 6.49. The van der Waals surface area contributed by atoms with Gasteiger partial charge < -0.3 is 10.1 Å². The van der Waals surface area contributed by atoms with Crippen LogP contribution in [0.1, 0.15) is 21.4 Å². The summed E-state index contributed by atoms with van der Waals surface area (Å²) in [5.41, 5.74) is 1.35. The highest BCUT2D eigenvalue weighted by Crippen LogP contribution is 2.34. The van der Waals surface area contributed by atoms with Crippen LogP contribution in [0.4, 0.5) is 0 Å². The van der Waals surface area contributed by atoms with E-state index in [1.807, 2.05) is 11.3 Å². The molecule has 2 aromatic rings. The molecule has 0 bridgehead atoms. The summed E-state index contributed by atoms with van der Waals surface area (Å²) in [5, 5.41) is 3.44. The quantitative estimate of drug-likeness (QED) is 0.939. The van der Waals surface area contributed by atoms with Crippen molar-refractivity contribution in [3.05, 3.63) is 51.7 Å². The number of piperazine rings is 1. The lowest BCUT2D eigenvalue weighted by Crippen LogP contribution is -2.45. The van der Waals surface area contributed by atoms with Gasteiger partial charge in [-0.15, -0.1) is 11.3 Å². The summed E-state index contributed by atoms with van der Waals surface area (Å²) >= 11 is 1.90. The fourth-order valence-electron chi connectivity index (χ4n) is 2.88. The smallest absolute Gasteiger partial charge is 0.118 e. The van der Waals surface area contributed by atoms with E-state index in [2.05, 4.69) is 53.5 Å². The topological polar surface area (TPSA) is 24.5 Å². The van der Waals surface area contributed by atoms with Gasteiger partial charge in [-0.25, -0.2) is 0 Å². The van der Waals surface area contributed by atoms with Crippen molar-refractivity contribution in [1.29, 1.82) is 0 Å². The zero-order valence-corrected chi connectivity index (χ0v) is 13.5. The summed E-state index contributed by atoms with van der Waals surface area (Å²) in [6, 6.07) is 13.4. The maximum absolute atomic E-state index is 5.28. The van der Waals surface area contributed by atoms with E-state index in [0.717, 1.165) is 31.9 Å². The second-order valence-corrected chi connectivity index (χ2v) is 6.73. The minimum atomic E-state index is 0.358. The third-order valence-electron chi connectivity index (χ3n) is 3.98. The molecular weight excluding hydrogens is 280 g/mol. The molecule has 1 aliphatic rings. The molecule has 1 N–H and O–H groups in total. The highest BCUT2D eigenvalue weighted by molar-refractivity contribution is 7.12. The predicted octanol–water partition coefficient (Wildman–Crippen LogP) is 3.06. The number of methoxy groups -OCH3 is 1. The molecule has 0 amide bonds. The van der Waals surface area contributed by atoms with Crippen molar-refractivity contribution in [3.8, 4) is 5.75 Å². The molecule has 1 aromatic heterocycles. The number of thiophene rings is 1. The molecule has 2 heterocycles. The van der Waals surface area contributed by atoms with E-state index in [1.54, 1.807) is 7.11 Å². The van der Waals surface area contributed by atoms with Crippen molar-refractivity contribution in [3.63, 3.8) is 0 Å². The van der Waals surface area contributed by atoms with Crippen molar-refractivity contribution in [2.75, 3.05) is 33.3 Å². The zero-order valence-electron chi connectivity index (χ0n) is 12.6. The molecule has 1 aromatic carbocycles. The Balaban J connectivity index is 1.93. The lowest BCUT2D eigenvalue weighted by molar-refractivity contribution is 0.200. The van der Waals surface area contributed by atoms with E-state index in [0.29, 0.717) is 6.04 Å². The van der Waals surface area contributed by atoms with Crippen molar-refractivity contribution in [2.24, 2.45) is 0 Å². The first-order chi connectivity index (χ1) is 10.3. The molecule has 1 atom stereocenters. The number of hydrogen-bond acceptors (Lipinski definition) is 4. The van der Waals surface area contributed by atoms with Crippen LogP contribution in [0.5, 0.6) is 5.75 Å². The van der Waals surface area contributed by atoms with Gasteiger partial charge in [0.25, 0.3) is 0 Å². The number of benzene rings is 1. The van der Waals surface area contributed by atoms with Crippen LogP contribution in [0.3, 0.4) is 0 Å². The van der Waals surface area contributed by atoms with Gasteiger partial charge >= 0.3 is 0 Å². The van der Waals surface area contributed by atoms with Gasteiger partial charge in [0.2, 0.25) is 0 Å². The van der Waals surface area contributed by atoms with E-state index in [9.17, 15) is 0 Å². The first kappa shape index (κ1) is 14.6. The van der Waals surface area contributed by atoms with Gasteiger partial charge in [0.15, 0.2) is 0 Å². The number of hydrogen-bond donors (Lipinski definition) is 1. The summed E-state index contributed by atoms with van der Waals surface area (Å²) in [4.78, 5) is 5.38. The number of nitrogens with one attached hydrogen (secondary N) is 1. The molecule has 1 saturated heterocycles. The number of rotatable bonds is 4. The van der Waals surface area contributed by atoms with Crippen LogP contribution < -0.4 is 10.1 Å². The van der Waals surface area contributed by atoms with Gasteiger partial charge in [-0.05, 0) is 36.8 Å². The molecule has 1 aliphatic heterocycles. The predicted molar refractivity (Wildman–Crippen MR) is 88.3 cm³/mol. The van der Waals surface area contributed by atoms with E-state index in [4.69, 9.17) is 4.74 Å². The molecule has 0 spiro atoms. The van der Waals surface area contributed by atoms with E-state index in [1.165, 1.54) is 15.3 Å². The largest absolute Gasteiger partial charge is 0.497 e. The van der Waals surface area contributed by atoms with Crippen LogP contribution in [0.2, 0.25) is 0 Å². The second-order valence-electron chi connectivity index (χ2n) is 5.41. The second kappa shape index (κ2) is 6.60. The number of nitrogens with zero attached hydrogens (tertiary/aromatic N) is 1. The average molecular weight is 302 g/mol. The number of ether oxygens (including phenoxy) is 1. The zero-order chi connectivity index (χ0) is 14.7. The van der Waals surface area contributed by atoms with Crippen molar-refractivity contribution in [1.82, 2.24) is 10.2 Å². The van der Waals surface area contributed by atoms with Gasteiger partial charge in [-0.1, -0.05) is 12.1 Å². The van der Waals surface area contributed by atoms with Gasteiger partial charge in [0.1, 0.15) is 5.75 Å². The molecule has 3 rings (SSSR count). The standard InChI is InChI=1S/C17H22N2OS/c1-13-3-8-16(21-13)17(19-11-9-18-10-12-19)14-4-6-15(20-2)7-5-14/h3-8,17-18H,9-12H2,1-2H3. The molecular formula is C17H22N2OS. The molecule has 21 heavy (non-hydrogen) atoms. The van der Waals surface area contributed by atoms with Gasteiger partial charge in [-0.2, -0.15) is 0 Å². The highest BCUT2D eigenvalue weighted by Gasteiger charge is 2.24. The van der Waals surface area contributed by atoms with Gasteiger partial charge in [-0.3, -0.25) is 4.90 Å². The fourth-order valence-corrected chi connectivity index (χ4v) is 3.92. The van der Waals surface area contributed by atoms with Crippen molar-refractivity contribution in [2.45, 2.75) is 13.0 Å². The maximum Gasteiger partial charge on any atom is 0.118 e. The monoisotopic (exact) mass is 302 g/mol. The van der Waals surface area contributed by atoms with Crippen LogP contribution in [0.25, 0.3) is 0 Å². The van der Waals surface area contributed by atoms with Gasteiger partial charge in [0, 0.05) is 35.9 Å². The average Bonchev–Trinajstić information content (AvgIpc) is 2.95. The van der Waals surface area contributed by atoms with Crippen molar-refractivity contribution < 1.29 is 4.74 Å². The lowest BCUT2D eigenvalue weighted by Gasteiger charge is -2.34. The molecule has 0 radical (unpaired) electrons. The fraction of sp³-hybridized carbons (Fsp3) is 0.412. The highest BCUT2D eigenvalue weighted by atomic mass is 32.1. The minimum absolute atomic E-state index is 0.358. The van der Waals surface area contributed by atoms with Crippen LogP contribution >= 0.6 is 11.3 Å². The van der Waals surface area contributed by atoms with E-state index in [-0.39, 0.29) is 0 Å². The minimum Gasteiger partial charge on any atom is -0.497 e. The summed E-state index contributed by atoms with van der Waals surface area (Å²) in [7, 11) is 1.71. The third kappa shape index (κ3) is 3.28. The molecule has 1 fully saturated rings. The first-order valence-corrected chi connectivity index (χ1v) is 8.24. The van der Waals surface area contributed by atoms with Crippen LogP contribution in [0.15, 0.2) is 36.4 Å². The van der Waals surface area contributed by atoms with E-state index < -0.39 is 0 Å². The Morgan fingerprint density at radius 1 is 1.10 bits per heavy atom. The summed E-state index contributed by atoms with van der Waals surface area (Å²) in [6.07, 6.45) is 0. The maximum atomic E-state index is 5.28. The van der Waals surface area contributed by atoms with Crippen LogP contribution in [-0.4, -0.2) is 38.2 Å². The molecule has 112 valence electrons. The third-order valence-corrected chi connectivity index (χ3v) is 5.03. The Hall–Kier alpha value is -1.36. The van der Waals surface area contributed by atoms with Crippen LogP contribution in [-0.2, 0) is 0 Å². The Kier molecular flexibility index (Phi) is 4.58. The molecule has 4 heteroatoms. The Morgan fingerprint density at radius 2 is 1.81 bits per heavy atom. The molecule has 1 unspecified atom stereocenters. The summed E-state index contributed by atoms with van der Waals surface area (Å²) < 4.78 is 5.28. The molecule has 3 nitrogen and oxygen atoms in total. The Labute approximate surface area is 130 Å².